The van der Waals surface area contributed by atoms with Gasteiger partial charge in [-0.05, 0) is 30.2 Å². The lowest BCUT2D eigenvalue weighted by Crippen LogP contribution is -2.59. The first-order chi connectivity index (χ1) is 13.5. The largest absolute Gasteiger partial charge is 0.416 e. The van der Waals surface area contributed by atoms with Gasteiger partial charge in [-0.3, -0.25) is 14.5 Å². The third-order valence-electron chi connectivity index (χ3n) is 4.93. The molecule has 0 spiro atoms. The smallest absolute Gasteiger partial charge is 0.329 e. The number of hydrogen-bond donors (Lipinski definition) is 0. The van der Waals surface area contributed by atoms with Gasteiger partial charge in [-0.1, -0.05) is 12.1 Å². The van der Waals surface area contributed by atoms with Crippen LogP contribution < -0.4 is 0 Å². The second-order valence-electron chi connectivity index (χ2n) is 7.01. The minimum atomic E-state index is -4.48. The van der Waals surface area contributed by atoms with Crippen molar-refractivity contribution in [2.75, 3.05) is 13.1 Å². The zero-order chi connectivity index (χ0) is 21.0. The number of halogens is 5. The van der Waals surface area contributed by atoms with Crippen LogP contribution in [-0.4, -0.2) is 44.6 Å². The zero-order valence-corrected chi connectivity index (χ0v) is 15.2. The number of hydrogen-bond acceptors (Lipinski definition) is 3. The van der Waals surface area contributed by atoms with Crippen molar-refractivity contribution < 1.29 is 26.7 Å². The van der Waals surface area contributed by atoms with Gasteiger partial charge in [0.1, 0.15) is 12.1 Å². The van der Waals surface area contributed by atoms with Crippen molar-refractivity contribution in [2.24, 2.45) is 0 Å². The molecular weight excluding hydrogens is 395 g/mol. The van der Waals surface area contributed by atoms with E-state index in [1.807, 2.05) is 0 Å². The van der Waals surface area contributed by atoms with Gasteiger partial charge in [0.15, 0.2) is 0 Å². The van der Waals surface area contributed by atoms with Crippen molar-refractivity contribution >= 4 is 16.9 Å². The molecule has 1 aromatic carbocycles. The lowest BCUT2D eigenvalue weighted by atomic mass is 9.97. The van der Waals surface area contributed by atoms with Gasteiger partial charge in [-0.2, -0.15) is 18.3 Å². The standard InChI is InChI=1S/C19H15F5N4O/c1-11-13(3-2-4-14(11)19(22,23)24)12-5-16-15(25-6-12)7-26-28(16)8-17(29)27-9-18(20,21)10-27/h2-7H,8-10H2,1H3. The number of benzene rings is 1. The molecule has 1 aliphatic rings. The molecule has 10 heteroatoms. The van der Waals surface area contributed by atoms with Gasteiger partial charge in [0.2, 0.25) is 5.91 Å². The van der Waals surface area contributed by atoms with Crippen LogP contribution in [-0.2, 0) is 17.5 Å². The van der Waals surface area contributed by atoms with Crippen molar-refractivity contribution in [3.63, 3.8) is 0 Å². The van der Waals surface area contributed by atoms with Gasteiger partial charge in [-0.15, -0.1) is 0 Å². The number of carbonyl (C=O) groups is 1. The fourth-order valence-corrected chi connectivity index (χ4v) is 3.40. The Hall–Kier alpha value is -3.04. The van der Waals surface area contributed by atoms with E-state index in [1.54, 1.807) is 12.1 Å². The molecule has 0 saturated carbocycles. The van der Waals surface area contributed by atoms with Gasteiger partial charge >= 0.3 is 6.18 Å². The summed E-state index contributed by atoms with van der Waals surface area (Å²) in [6, 6.07) is 5.48. The Morgan fingerprint density at radius 1 is 1.21 bits per heavy atom. The first-order valence-corrected chi connectivity index (χ1v) is 8.69. The van der Waals surface area contributed by atoms with E-state index >= 15 is 0 Å². The van der Waals surface area contributed by atoms with E-state index in [9.17, 15) is 26.7 Å². The van der Waals surface area contributed by atoms with Gasteiger partial charge in [0.25, 0.3) is 5.92 Å². The Kier molecular flexibility index (Phi) is 4.32. The second kappa shape index (κ2) is 6.50. The summed E-state index contributed by atoms with van der Waals surface area (Å²) in [7, 11) is 0. The maximum absolute atomic E-state index is 13.2. The molecule has 0 aliphatic carbocycles. The van der Waals surface area contributed by atoms with Gasteiger partial charge in [0, 0.05) is 11.8 Å². The first-order valence-electron chi connectivity index (χ1n) is 8.69. The van der Waals surface area contributed by atoms with Gasteiger partial charge in [0.05, 0.1) is 30.4 Å². The monoisotopic (exact) mass is 410 g/mol. The molecule has 152 valence electrons. The van der Waals surface area contributed by atoms with Crippen molar-refractivity contribution in [1.29, 1.82) is 0 Å². The molecule has 1 fully saturated rings. The number of amides is 1. The summed E-state index contributed by atoms with van der Waals surface area (Å²) in [5.74, 6) is -3.38. The topological polar surface area (TPSA) is 51.0 Å². The number of nitrogens with zero attached hydrogens (tertiary/aromatic N) is 4. The fourth-order valence-electron chi connectivity index (χ4n) is 3.40. The van der Waals surface area contributed by atoms with E-state index in [0.717, 1.165) is 11.0 Å². The third kappa shape index (κ3) is 3.54. The minimum absolute atomic E-state index is 0.0612. The highest BCUT2D eigenvalue weighted by molar-refractivity contribution is 5.84. The average molecular weight is 410 g/mol. The number of likely N-dealkylation sites (tertiary alicyclic amines) is 1. The van der Waals surface area contributed by atoms with Crippen LogP contribution in [0.25, 0.3) is 22.2 Å². The first kappa shape index (κ1) is 19.3. The van der Waals surface area contributed by atoms with Crippen molar-refractivity contribution in [1.82, 2.24) is 19.7 Å². The summed E-state index contributed by atoms with van der Waals surface area (Å²) in [5, 5.41) is 4.07. The van der Waals surface area contributed by atoms with Gasteiger partial charge in [-0.25, -0.2) is 8.78 Å². The molecule has 4 rings (SSSR count). The number of pyridine rings is 1. The Labute approximate surface area is 161 Å². The molecule has 3 aromatic rings. The predicted octanol–water partition coefficient (Wildman–Crippen LogP) is 3.90. The molecular formula is C19H15F5N4O. The van der Waals surface area contributed by atoms with Crippen LogP contribution in [0.5, 0.6) is 0 Å². The van der Waals surface area contributed by atoms with Crippen LogP contribution in [0, 0.1) is 6.92 Å². The summed E-state index contributed by atoms with van der Waals surface area (Å²) in [6.45, 7) is -0.130. The molecule has 1 saturated heterocycles. The average Bonchev–Trinajstić information content (AvgIpc) is 3.01. The summed E-state index contributed by atoms with van der Waals surface area (Å²) in [5.41, 5.74) is 0.991. The second-order valence-corrected chi connectivity index (χ2v) is 7.01. The highest BCUT2D eigenvalue weighted by Gasteiger charge is 2.46. The Balaban J connectivity index is 1.67. The molecule has 29 heavy (non-hydrogen) atoms. The van der Waals surface area contributed by atoms with E-state index in [2.05, 4.69) is 10.1 Å². The number of alkyl halides is 5. The SMILES string of the molecule is Cc1c(-c2cnc3cnn(CC(=O)N4CC(F)(F)C4)c3c2)cccc1C(F)(F)F. The minimum Gasteiger partial charge on any atom is -0.329 e. The fraction of sp³-hybridized carbons (Fsp3) is 0.316. The summed E-state index contributed by atoms with van der Waals surface area (Å²) in [6.07, 6.45) is -1.63. The van der Waals surface area contributed by atoms with Crippen LogP contribution in [0.4, 0.5) is 22.0 Å². The van der Waals surface area contributed by atoms with Crippen LogP contribution in [0.2, 0.25) is 0 Å². The van der Waals surface area contributed by atoms with Crippen LogP contribution in [0.3, 0.4) is 0 Å². The molecule has 1 amide bonds. The maximum atomic E-state index is 13.2. The summed E-state index contributed by atoms with van der Waals surface area (Å²) >= 11 is 0. The van der Waals surface area contributed by atoms with Crippen LogP contribution in [0.1, 0.15) is 11.1 Å². The summed E-state index contributed by atoms with van der Waals surface area (Å²) in [4.78, 5) is 17.4. The van der Waals surface area contributed by atoms with Crippen molar-refractivity contribution in [2.45, 2.75) is 25.6 Å². The van der Waals surface area contributed by atoms with E-state index < -0.39 is 36.7 Å². The highest BCUT2D eigenvalue weighted by Crippen LogP contribution is 2.36. The molecule has 0 atom stereocenters. The molecule has 3 heterocycles. The Morgan fingerprint density at radius 3 is 2.59 bits per heavy atom. The number of fused-ring (bicyclic) bond motifs is 1. The van der Waals surface area contributed by atoms with Gasteiger partial charge < -0.3 is 4.90 Å². The molecule has 5 nitrogen and oxygen atoms in total. The molecule has 2 aromatic heterocycles. The Bertz CT molecular complexity index is 1100. The zero-order valence-electron chi connectivity index (χ0n) is 15.2. The van der Waals surface area contributed by atoms with Crippen molar-refractivity contribution in [3.05, 3.63) is 47.8 Å². The lowest BCUT2D eigenvalue weighted by Gasteiger charge is -2.38. The number of aromatic nitrogens is 3. The quantitative estimate of drug-likeness (QED) is 0.616. The third-order valence-corrected chi connectivity index (χ3v) is 4.93. The van der Waals surface area contributed by atoms with E-state index in [1.165, 1.54) is 30.1 Å². The molecule has 0 radical (unpaired) electrons. The van der Waals surface area contributed by atoms with E-state index in [0.29, 0.717) is 22.2 Å². The number of rotatable bonds is 3. The molecule has 0 N–H and O–H groups in total. The number of carbonyl (C=O) groups excluding carboxylic acids is 1. The maximum Gasteiger partial charge on any atom is 0.416 e. The summed E-state index contributed by atoms with van der Waals surface area (Å²) < 4.78 is 66.8. The molecule has 0 unspecified atom stereocenters. The predicted molar refractivity (Wildman–Crippen MR) is 94.2 cm³/mol. The lowest BCUT2D eigenvalue weighted by molar-refractivity contribution is -0.166. The molecule has 1 aliphatic heterocycles. The van der Waals surface area contributed by atoms with Crippen LogP contribution in [0.15, 0.2) is 36.7 Å². The van der Waals surface area contributed by atoms with Crippen LogP contribution >= 0.6 is 0 Å². The van der Waals surface area contributed by atoms with E-state index in [4.69, 9.17) is 0 Å². The van der Waals surface area contributed by atoms with Crippen molar-refractivity contribution in [3.8, 4) is 11.1 Å². The van der Waals surface area contributed by atoms with E-state index in [-0.39, 0.29) is 12.1 Å². The Morgan fingerprint density at radius 2 is 1.93 bits per heavy atom. The highest BCUT2D eigenvalue weighted by atomic mass is 19.4. The normalized spacial score (nSPS) is 16.1. The molecule has 0 bridgehead atoms.